The predicted octanol–water partition coefficient (Wildman–Crippen LogP) is 0.589. The van der Waals surface area contributed by atoms with Gasteiger partial charge < -0.3 is 14.2 Å². The molecule has 1 heterocycles. The van der Waals surface area contributed by atoms with Gasteiger partial charge in [-0.05, 0) is 12.5 Å². The first kappa shape index (κ1) is 13.1. The Bertz CT molecular complexity index is 509. The van der Waals surface area contributed by atoms with E-state index in [9.17, 15) is 14.4 Å². The molecule has 1 fully saturated rings. The highest BCUT2D eigenvalue weighted by atomic mass is 16.7. The van der Waals surface area contributed by atoms with Crippen LogP contribution < -0.4 is 0 Å². The number of carbonyl (C=O) groups excluding carboxylic acids is 3. The lowest BCUT2D eigenvalue weighted by molar-refractivity contribution is -0.208. The van der Waals surface area contributed by atoms with E-state index >= 15 is 0 Å². The molecule has 0 aromatic heterocycles. The molecule has 6 heteroatoms. The predicted molar refractivity (Wildman–Crippen MR) is 61.7 cm³/mol. The molecule has 19 heavy (non-hydrogen) atoms. The zero-order valence-electron chi connectivity index (χ0n) is 10.3. The van der Waals surface area contributed by atoms with Crippen LogP contribution in [-0.4, -0.2) is 30.1 Å². The summed E-state index contributed by atoms with van der Waals surface area (Å²) >= 11 is 0. The first-order valence-electron chi connectivity index (χ1n) is 5.62. The van der Waals surface area contributed by atoms with Gasteiger partial charge in [-0.1, -0.05) is 30.3 Å². The van der Waals surface area contributed by atoms with Gasteiger partial charge in [-0.25, -0.2) is 14.4 Å². The summed E-state index contributed by atoms with van der Waals surface area (Å²) in [7, 11) is 0. The summed E-state index contributed by atoms with van der Waals surface area (Å²) in [4.78, 5) is 34.5. The third kappa shape index (κ3) is 2.73. The van der Waals surface area contributed by atoms with Crippen LogP contribution in [0.15, 0.2) is 30.3 Å². The van der Waals surface area contributed by atoms with Gasteiger partial charge in [0, 0.05) is 0 Å². The number of hydrogen-bond donors (Lipinski definition) is 0. The molecule has 0 radical (unpaired) electrons. The van der Waals surface area contributed by atoms with Crippen molar-refractivity contribution >= 4 is 17.9 Å². The smallest absolute Gasteiger partial charge is 0.362 e. The van der Waals surface area contributed by atoms with E-state index in [0.29, 0.717) is 0 Å². The van der Waals surface area contributed by atoms with E-state index in [2.05, 4.69) is 4.74 Å². The van der Waals surface area contributed by atoms with Crippen LogP contribution in [0.2, 0.25) is 0 Å². The molecule has 100 valence electrons. The quantitative estimate of drug-likeness (QED) is 0.451. The minimum Gasteiger partial charge on any atom is -0.457 e. The van der Waals surface area contributed by atoms with Gasteiger partial charge in [0.2, 0.25) is 0 Å². The second-order valence-electron chi connectivity index (χ2n) is 4.15. The van der Waals surface area contributed by atoms with Crippen LogP contribution in [0, 0.1) is 0 Å². The lowest BCUT2D eigenvalue weighted by atomic mass is 10.1. The average Bonchev–Trinajstić information content (AvgIpc) is 2.41. The Balaban J connectivity index is 2.02. The van der Waals surface area contributed by atoms with Crippen LogP contribution in [-0.2, 0) is 35.2 Å². The molecule has 1 atom stereocenters. The van der Waals surface area contributed by atoms with E-state index in [1.54, 1.807) is 24.3 Å². The lowest BCUT2D eigenvalue weighted by Gasteiger charge is -2.28. The summed E-state index contributed by atoms with van der Waals surface area (Å²) in [6, 6.07) is 8.94. The number of cyclic esters (lactones) is 2. The molecule has 0 N–H and O–H groups in total. The molecule has 0 aliphatic carbocycles. The van der Waals surface area contributed by atoms with E-state index in [1.807, 2.05) is 6.07 Å². The van der Waals surface area contributed by atoms with Gasteiger partial charge in [0.15, 0.2) is 6.61 Å². The molecule has 0 unspecified atom stereocenters. The Kier molecular flexibility index (Phi) is 3.50. The molecule has 1 aromatic rings. The number of hydrogen-bond acceptors (Lipinski definition) is 6. The van der Waals surface area contributed by atoms with E-state index in [0.717, 1.165) is 12.5 Å². The Morgan fingerprint density at radius 1 is 1.32 bits per heavy atom. The molecule has 0 bridgehead atoms. The number of benzene rings is 1. The summed E-state index contributed by atoms with van der Waals surface area (Å²) in [6.07, 6.45) is 0. The number of ether oxygens (including phenoxy) is 3. The van der Waals surface area contributed by atoms with Crippen molar-refractivity contribution in [2.75, 3.05) is 6.61 Å². The largest absolute Gasteiger partial charge is 0.457 e. The normalized spacial score (nSPS) is 22.4. The van der Waals surface area contributed by atoms with Crippen LogP contribution in [0.4, 0.5) is 0 Å². The number of esters is 3. The molecule has 1 aliphatic heterocycles. The van der Waals surface area contributed by atoms with Crippen molar-refractivity contribution in [2.24, 2.45) is 0 Å². The van der Waals surface area contributed by atoms with Crippen molar-refractivity contribution in [1.82, 2.24) is 0 Å². The second kappa shape index (κ2) is 5.09. The van der Waals surface area contributed by atoms with Gasteiger partial charge in [-0.3, -0.25) is 0 Å². The zero-order chi connectivity index (χ0) is 13.9. The van der Waals surface area contributed by atoms with Gasteiger partial charge in [-0.2, -0.15) is 0 Å². The first-order chi connectivity index (χ1) is 9.02. The summed E-state index contributed by atoms with van der Waals surface area (Å²) in [5, 5.41) is 0. The van der Waals surface area contributed by atoms with Gasteiger partial charge in [0.05, 0.1) is 0 Å². The van der Waals surface area contributed by atoms with Crippen molar-refractivity contribution in [3.05, 3.63) is 35.9 Å². The molecule has 1 aliphatic rings. The van der Waals surface area contributed by atoms with Crippen molar-refractivity contribution < 1.29 is 28.6 Å². The molecule has 1 saturated heterocycles. The van der Waals surface area contributed by atoms with Crippen LogP contribution in [0.3, 0.4) is 0 Å². The second-order valence-corrected chi connectivity index (χ2v) is 4.15. The monoisotopic (exact) mass is 264 g/mol. The van der Waals surface area contributed by atoms with Gasteiger partial charge in [0.25, 0.3) is 0 Å². The van der Waals surface area contributed by atoms with E-state index < -0.39 is 30.1 Å². The zero-order valence-corrected chi connectivity index (χ0v) is 10.3. The van der Waals surface area contributed by atoms with E-state index in [1.165, 1.54) is 0 Å². The number of carbonyl (C=O) groups is 3. The minimum absolute atomic E-state index is 0.0138. The van der Waals surface area contributed by atoms with Gasteiger partial charge in [-0.15, -0.1) is 0 Å². The molecule has 1 aromatic carbocycles. The van der Waals surface area contributed by atoms with Crippen molar-refractivity contribution in [1.29, 1.82) is 0 Å². The maximum atomic E-state index is 11.8. The van der Waals surface area contributed by atoms with Crippen molar-refractivity contribution in [3.8, 4) is 0 Å². The Labute approximate surface area is 109 Å². The third-order valence-electron chi connectivity index (χ3n) is 2.63. The molecule has 6 nitrogen and oxygen atoms in total. The standard InChI is InChI=1S/C13H12O6/c1-13(12(16)18-8-10(14)19-13)11(15)17-7-9-5-3-2-4-6-9/h2-6H,7-8H2,1H3/t13-/m0/s1. The maximum Gasteiger partial charge on any atom is 0.362 e. The highest BCUT2D eigenvalue weighted by Crippen LogP contribution is 2.20. The molecular formula is C13H12O6. The summed E-state index contributed by atoms with van der Waals surface area (Å²) in [5.74, 6) is -2.65. The average molecular weight is 264 g/mol. The van der Waals surface area contributed by atoms with Crippen LogP contribution in [0.1, 0.15) is 12.5 Å². The highest BCUT2D eigenvalue weighted by molar-refractivity contribution is 6.06. The lowest BCUT2D eigenvalue weighted by Crippen LogP contribution is -2.54. The van der Waals surface area contributed by atoms with Gasteiger partial charge in [0.1, 0.15) is 6.61 Å². The molecule has 0 spiro atoms. The first-order valence-corrected chi connectivity index (χ1v) is 5.62. The highest BCUT2D eigenvalue weighted by Gasteiger charge is 2.51. The minimum atomic E-state index is -2.02. The Morgan fingerprint density at radius 2 is 2.00 bits per heavy atom. The number of rotatable bonds is 3. The topological polar surface area (TPSA) is 78.9 Å². The van der Waals surface area contributed by atoms with Gasteiger partial charge >= 0.3 is 23.5 Å². The molecular weight excluding hydrogens is 252 g/mol. The fraction of sp³-hybridized carbons (Fsp3) is 0.308. The summed E-state index contributed by atoms with van der Waals surface area (Å²) in [5.41, 5.74) is -1.26. The van der Waals surface area contributed by atoms with Crippen molar-refractivity contribution in [2.45, 2.75) is 19.1 Å². The van der Waals surface area contributed by atoms with E-state index in [-0.39, 0.29) is 6.61 Å². The third-order valence-corrected chi connectivity index (χ3v) is 2.63. The maximum absolute atomic E-state index is 11.8. The molecule has 0 amide bonds. The van der Waals surface area contributed by atoms with Crippen LogP contribution in [0.5, 0.6) is 0 Å². The summed E-state index contributed by atoms with van der Waals surface area (Å²) in [6.45, 7) is 0.653. The molecule has 2 rings (SSSR count). The fourth-order valence-corrected chi connectivity index (χ4v) is 1.55. The van der Waals surface area contributed by atoms with Crippen LogP contribution in [0.25, 0.3) is 0 Å². The molecule has 0 saturated carbocycles. The summed E-state index contributed by atoms with van der Waals surface area (Å²) < 4.78 is 14.3. The van der Waals surface area contributed by atoms with Crippen molar-refractivity contribution in [3.63, 3.8) is 0 Å². The van der Waals surface area contributed by atoms with Crippen LogP contribution >= 0.6 is 0 Å². The fourth-order valence-electron chi connectivity index (χ4n) is 1.55. The SMILES string of the molecule is C[C@@]1(C(=O)OCc2ccccc2)OC(=O)COC1=O. The van der Waals surface area contributed by atoms with E-state index in [4.69, 9.17) is 9.47 Å². The Hall–Kier alpha value is -2.37. The Morgan fingerprint density at radius 3 is 2.68 bits per heavy atom.